The number of allylic oxidation sites excluding steroid dienone is 8. The fourth-order valence-electron chi connectivity index (χ4n) is 2.98. The van der Waals surface area contributed by atoms with Gasteiger partial charge in [-0.25, -0.2) is 0 Å². The molecule has 1 aromatic carbocycles. The van der Waals surface area contributed by atoms with Crippen molar-refractivity contribution in [2.75, 3.05) is 0 Å². The van der Waals surface area contributed by atoms with E-state index in [-0.39, 0.29) is 5.69 Å². The third kappa shape index (κ3) is 2.38. The van der Waals surface area contributed by atoms with E-state index < -0.39 is 16.3 Å². The summed E-state index contributed by atoms with van der Waals surface area (Å²) in [6, 6.07) is 10.2. The Morgan fingerprint density at radius 2 is 1.88 bits per heavy atom. The Bertz CT molecular complexity index is 910. The molecule has 0 fully saturated rings. The third-order valence-corrected chi connectivity index (χ3v) is 4.70. The number of rotatable bonds is 2. The van der Waals surface area contributed by atoms with Crippen LogP contribution in [0.15, 0.2) is 64.7 Å². The molecule has 6 heteroatoms. The number of halogens is 1. The Kier molecular flexibility index (Phi) is 3.92. The summed E-state index contributed by atoms with van der Waals surface area (Å²) >= 11 is 3.41. The second-order valence-corrected chi connectivity index (χ2v) is 6.36. The summed E-state index contributed by atoms with van der Waals surface area (Å²) < 4.78 is 0.798. The van der Waals surface area contributed by atoms with Crippen LogP contribution in [0.1, 0.15) is 5.56 Å². The van der Waals surface area contributed by atoms with Crippen LogP contribution >= 0.6 is 15.9 Å². The lowest BCUT2D eigenvalue weighted by molar-refractivity contribution is -0.384. The van der Waals surface area contributed by atoms with Crippen molar-refractivity contribution in [2.24, 2.45) is 11.3 Å². The van der Waals surface area contributed by atoms with Crippen molar-refractivity contribution in [3.05, 3.63) is 80.4 Å². The lowest BCUT2D eigenvalue weighted by Crippen LogP contribution is -2.24. The topological polar surface area (TPSA) is 90.7 Å². The molecule has 0 unspecified atom stereocenters. The molecular formula is C18H10BrN3O2. The van der Waals surface area contributed by atoms with Crippen molar-refractivity contribution in [3.8, 4) is 12.1 Å². The van der Waals surface area contributed by atoms with Crippen LogP contribution in [0.4, 0.5) is 5.69 Å². The zero-order chi connectivity index (χ0) is 17.3. The van der Waals surface area contributed by atoms with Crippen LogP contribution in [-0.2, 0) is 0 Å². The Morgan fingerprint density at radius 3 is 2.46 bits per heavy atom. The fraction of sp³-hybridized carbons (Fsp3) is 0.111. The maximum Gasteiger partial charge on any atom is 0.269 e. The molecule has 0 N–H and O–H groups in total. The molecule has 0 heterocycles. The van der Waals surface area contributed by atoms with Gasteiger partial charge in [0.05, 0.1) is 17.1 Å². The van der Waals surface area contributed by atoms with Crippen molar-refractivity contribution < 1.29 is 4.92 Å². The highest BCUT2D eigenvalue weighted by atomic mass is 79.9. The highest BCUT2D eigenvalue weighted by molar-refractivity contribution is 9.11. The van der Waals surface area contributed by atoms with Gasteiger partial charge in [0, 0.05) is 22.5 Å². The Morgan fingerprint density at radius 1 is 1.21 bits per heavy atom. The monoisotopic (exact) mass is 379 g/mol. The minimum absolute atomic E-state index is 0.0316. The van der Waals surface area contributed by atoms with E-state index >= 15 is 0 Å². The Labute approximate surface area is 146 Å². The van der Waals surface area contributed by atoms with Crippen molar-refractivity contribution in [1.82, 2.24) is 0 Å². The SMILES string of the molecule is N#CC1(C#N)C(c2ccc([N+](=O)[O-])cc2)=CC2=CC=CC(Br)=C[C@@H]21. The molecule has 2 aliphatic rings. The maximum absolute atomic E-state index is 10.8. The summed E-state index contributed by atoms with van der Waals surface area (Å²) in [5.74, 6) is -0.401. The van der Waals surface area contributed by atoms with E-state index in [9.17, 15) is 20.6 Å². The van der Waals surface area contributed by atoms with Gasteiger partial charge in [-0.15, -0.1) is 0 Å². The second kappa shape index (κ2) is 5.92. The molecule has 0 aliphatic heterocycles. The van der Waals surface area contributed by atoms with Gasteiger partial charge >= 0.3 is 0 Å². The molecule has 0 aromatic heterocycles. The van der Waals surface area contributed by atoms with Gasteiger partial charge in [0.25, 0.3) is 5.69 Å². The largest absolute Gasteiger partial charge is 0.269 e. The lowest BCUT2D eigenvalue weighted by Gasteiger charge is -2.23. The van der Waals surface area contributed by atoms with Gasteiger partial charge in [0.2, 0.25) is 0 Å². The van der Waals surface area contributed by atoms with Crippen LogP contribution in [0.25, 0.3) is 5.57 Å². The number of benzene rings is 1. The van der Waals surface area contributed by atoms with Crippen LogP contribution in [0.3, 0.4) is 0 Å². The number of nitrogens with zero attached hydrogens (tertiary/aromatic N) is 3. The van der Waals surface area contributed by atoms with Crippen molar-refractivity contribution >= 4 is 27.2 Å². The fourth-order valence-corrected chi connectivity index (χ4v) is 3.40. The minimum atomic E-state index is -1.37. The number of nitro benzene ring substituents is 1. The summed E-state index contributed by atoms with van der Waals surface area (Å²) in [6.07, 6.45) is 9.24. The Balaban J connectivity index is 2.16. The lowest BCUT2D eigenvalue weighted by atomic mass is 9.73. The second-order valence-electron chi connectivity index (χ2n) is 5.45. The van der Waals surface area contributed by atoms with Gasteiger partial charge < -0.3 is 0 Å². The van der Waals surface area contributed by atoms with Crippen molar-refractivity contribution in [3.63, 3.8) is 0 Å². The molecule has 3 rings (SSSR count). The minimum Gasteiger partial charge on any atom is -0.258 e. The standard InChI is InChI=1S/C18H10BrN3O2/c19-14-3-1-2-13-8-16(18(10-20,11-21)17(13)9-14)12-4-6-15(7-5-12)22(23)24/h1-9,17H/t17-/m0/s1. The van der Waals surface area contributed by atoms with Crippen LogP contribution in [0.5, 0.6) is 0 Å². The molecule has 0 saturated heterocycles. The summed E-state index contributed by atoms with van der Waals surface area (Å²) in [7, 11) is 0. The molecule has 24 heavy (non-hydrogen) atoms. The molecule has 5 nitrogen and oxygen atoms in total. The molecular weight excluding hydrogens is 370 g/mol. The van der Waals surface area contributed by atoms with Gasteiger partial charge in [-0.2, -0.15) is 10.5 Å². The zero-order valence-corrected chi connectivity index (χ0v) is 13.9. The molecule has 1 aromatic rings. The van der Waals surface area contributed by atoms with E-state index in [2.05, 4.69) is 28.1 Å². The Hall–Kier alpha value is -2.96. The van der Waals surface area contributed by atoms with E-state index in [1.165, 1.54) is 12.1 Å². The highest BCUT2D eigenvalue weighted by Gasteiger charge is 2.48. The predicted molar refractivity (Wildman–Crippen MR) is 92.5 cm³/mol. The number of hydrogen-bond donors (Lipinski definition) is 0. The van der Waals surface area contributed by atoms with Gasteiger partial charge in [0.15, 0.2) is 5.41 Å². The summed E-state index contributed by atoms with van der Waals surface area (Å²) in [5.41, 5.74) is 0.650. The van der Waals surface area contributed by atoms with Crippen molar-refractivity contribution in [2.45, 2.75) is 0 Å². The van der Waals surface area contributed by atoms with E-state index in [0.29, 0.717) is 11.1 Å². The van der Waals surface area contributed by atoms with Crippen LogP contribution in [0.2, 0.25) is 0 Å². The van der Waals surface area contributed by atoms with E-state index in [0.717, 1.165) is 10.1 Å². The summed E-state index contributed by atoms with van der Waals surface area (Å²) in [6.45, 7) is 0. The van der Waals surface area contributed by atoms with E-state index in [1.54, 1.807) is 12.1 Å². The molecule has 0 amide bonds. The highest BCUT2D eigenvalue weighted by Crippen LogP contribution is 2.52. The number of nitriles is 2. The normalized spacial score (nSPS) is 20.6. The quantitative estimate of drug-likeness (QED) is 0.561. The first-order chi connectivity index (χ1) is 11.5. The molecule has 0 radical (unpaired) electrons. The molecule has 1 atom stereocenters. The third-order valence-electron chi connectivity index (χ3n) is 4.17. The molecule has 0 bridgehead atoms. The average molecular weight is 380 g/mol. The van der Waals surface area contributed by atoms with Gasteiger partial charge in [-0.05, 0) is 34.9 Å². The smallest absolute Gasteiger partial charge is 0.258 e. The first kappa shape index (κ1) is 15.9. The number of nitro groups is 1. The van der Waals surface area contributed by atoms with Gasteiger partial charge in [-0.1, -0.05) is 40.2 Å². The first-order valence-corrected chi connectivity index (χ1v) is 7.86. The van der Waals surface area contributed by atoms with Gasteiger partial charge in [0.1, 0.15) is 0 Å². The number of non-ortho nitro benzene ring substituents is 1. The maximum atomic E-state index is 10.8. The number of fused-ring (bicyclic) bond motifs is 1. The molecule has 116 valence electrons. The van der Waals surface area contributed by atoms with Crippen LogP contribution in [0, 0.1) is 44.1 Å². The first-order valence-electron chi connectivity index (χ1n) is 7.07. The van der Waals surface area contributed by atoms with Crippen molar-refractivity contribution in [1.29, 1.82) is 10.5 Å². The molecule has 2 aliphatic carbocycles. The molecule has 0 spiro atoms. The molecule has 0 saturated carbocycles. The average Bonchev–Trinajstić information content (AvgIpc) is 2.76. The predicted octanol–water partition coefficient (Wildman–Crippen LogP) is 4.42. The summed E-state index contributed by atoms with van der Waals surface area (Å²) in [5, 5.41) is 30.4. The zero-order valence-electron chi connectivity index (χ0n) is 12.3. The van der Waals surface area contributed by atoms with Gasteiger partial charge in [-0.3, -0.25) is 10.1 Å². The van der Waals surface area contributed by atoms with Crippen LogP contribution < -0.4 is 0 Å². The van der Waals surface area contributed by atoms with Crippen LogP contribution in [-0.4, -0.2) is 4.92 Å². The summed E-state index contributed by atoms with van der Waals surface area (Å²) in [4.78, 5) is 10.3. The van der Waals surface area contributed by atoms with E-state index in [1.807, 2.05) is 30.4 Å². The van der Waals surface area contributed by atoms with E-state index in [4.69, 9.17) is 0 Å². The number of hydrogen-bond acceptors (Lipinski definition) is 4.